The lowest BCUT2D eigenvalue weighted by Gasteiger charge is -2.11. The van der Waals surface area contributed by atoms with E-state index in [1.54, 1.807) is 27.8 Å². The van der Waals surface area contributed by atoms with Gasteiger partial charge in [-0.05, 0) is 87.2 Å². The van der Waals surface area contributed by atoms with E-state index < -0.39 is 0 Å². The summed E-state index contributed by atoms with van der Waals surface area (Å²) in [6.07, 6.45) is 7.12. The van der Waals surface area contributed by atoms with E-state index in [-0.39, 0.29) is 5.28 Å². The number of aryl methyl sites for hydroxylation is 4. The maximum Gasteiger partial charge on any atom is 0.229 e. The summed E-state index contributed by atoms with van der Waals surface area (Å²) >= 11 is 5.77. The molecule has 4 aromatic heterocycles. The van der Waals surface area contributed by atoms with Gasteiger partial charge in [-0.15, -0.1) is 0 Å². The van der Waals surface area contributed by atoms with E-state index >= 15 is 0 Å². The highest BCUT2D eigenvalue weighted by molar-refractivity contribution is 6.28. The van der Waals surface area contributed by atoms with Crippen molar-refractivity contribution in [3.63, 3.8) is 0 Å². The van der Waals surface area contributed by atoms with E-state index in [2.05, 4.69) is 131 Å². The SMILES string of the molecule is Cc1ccc(-c2ccn(-c3ccnc(Cl)n3)n2)cc1.Cc1ccc(-c2ccn(-c3ccnc(Nc4cc(C)c(C)c(C)c4)n3)n2)cc1. The molecule has 0 radical (unpaired) electrons. The van der Waals surface area contributed by atoms with Crippen LogP contribution < -0.4 is 5.32 Å². The molecule has 0 unspecified atom stereocenters. The summed E-state index contributed by atoms with van der Waals surface area (Å²) in [7, 11) is 0. The van der Waals surface area contributed by atoms with Crippen LogP contribution in [-0.4, -0.2) is 39.5 Å². The number of halogens is 1. The third kappa shape index (κ3) is 7.59. The highest BCUT2D eigenvalue weighted by Gasteiger charge is 2.08. The van der Waals surface area contributed by atoms with Gasteiger partial charge in [0, 0.05) is 53.7 Å². The summed E-state index contributed by atoms with van der Waals surface area (Å²) in [6.45, 7) is 10.5. The third-order valence-electron chi connectivity index (χ3n) is 7.78. The molecule has 7 aromatic rings. The maximum atomic E-state index is 5.77. The topological polar surface area (TPSA) is 99.2 Å². The number of aromatic nitrogens is 8. The Morgan fingerprint density at radius 1 is 0.574 bits per heavy atom. The summed E-state index contributed by atoms with van der Waals surface area (Å²) in [6, 6.07) is 28.3. The van der Waals surface area contributed by atoms with Crippen molar-refractivity contribution < 1.29 is 0 Å². The van der Waals surface area contributed by atoms with Gasteiger partial charge in [0.05, 0.1) is 11.4 Å². The fraction of sp³-hybridized carbons (Fsp3) is 0.135. The molecule has 0 saturated carbocycles. The van der Waals surface area contributed by atoms with E-state index in [1.807, 2.05) is 30.6 Å². The molecule has 0 saturated heterocycles. The van der Waals surface area contributed by atoms with Gasteiger partial charge in [0.1, 0.15) is 0 Å². The summed E-state index contributed by atoms with van der Waals surface area (Å²) in [5.41, 5.74) is 11.2. The molecule has 1 N–H and O–H groups in total. The van der Waals surface area contributed by atoms with Crippen molar-refractivity contribution in [2.24, 2.45) is 0 Å². The van der Waals surface area contributed by atoms with Crippen molar-refractivity contribution in [1.82, 2.24) is 39.5 Å². The molecule has 0 fully saturated rings. The molecule has 47 heavy (non-hydrogen) atoms. The summed E-state index contributed by atoms with van der Waals surface area (Å²) in [5, 5.41) is 12.7. The van der Waals surface area contributed by atoms with Gasteiger partial charge in [-0.2, -0.15) is 20.2 Å². The number of hydrogen-bond acceptors (Lipinski definition) is 7. The zero-order valence-corrected chi connectivity index (χ0v) is 27.6. The van der Waals surface area contributed by atoms with Crippen LogP contribution >= 0.6 is 11.6 Å². The lowest BCUT2D eigenvalue weighted by Crippen LogP contribution is -2.04. The molecule has 0 aliphatic heterocycles. The standard InChI is InChI=1S/C23H23N5.C14H11ClN4/c1-15-5-7-19(8-6-15)21-10-12-28(27-21)22-9-11-24-23(26-22)25-20-13-16(2)18(4)17(3)14-20;1-10-2-4-11(5-3-10)12-7-9-19(18-12)13-6-8-16-14(15)17-13/h5-14H,1-4H3,(H,24,25,26);2-9H,1H3. The average molecular weight is 640 g/mol. The predicted molar refractivity (Wildman–Crippen MR) is 188 cm³/mol. The van der Waals surface area contributed by atoms with Crippen LogP contribution in [0, 0.1) is 34.6 Å². The number of hydrogen-bond donors (Lipinski definition) is 1. The van der Waals surface area contributed by atoms with E-state index in [0.29, 0.717) is 11.8 Å². The number of anilines is 2. The van der Waals surface area contributed by atoms with Crippen LogP contribution in [0.1, 0.15) is 27.8 Å². The highest BCUT2D eigenvalue weighted by atomic mass is 35.5. The molecule has 4 heterocycles. The Hall–Kier alpha value is -5.67. The summed E-state index contributed by atoms with van der Waals surface area (Å²) < 4.78 is 3.45. The van der Waals surface area contributed by atoms with Crippen LogP contribution in [0.3, 0.4) is 0 Å². The van der Waals surface area contributed by atoms with E-state index in [0.717, 1.165) is 34.0 Å². The van der Waals surface area contributed by atoms with Crippen molar-refractivity contribution in [1.29, 1.82) is 0 Å². The zero-order valence-electron chi connectivity index (χ0n) is 26.8. The van der Waals surface area contributed by atoms with Crippen molar-refractivity contribution in [3.05, 3.63) is 143 Å². The fourth-order valence-electron chi connectivity index (χ4n) is 4.89. The minimum atomic E-state index is 0.213. The minimum absolute atomic E-state index is 0.213. The van der Waals surface area contributed by atoms with Gasteiger partial charge < -0.3 is 5.32 Å². The average Bonchev–Trinajstić information content (AvgIpc) is 3.76. The van der Waals surface area contributed by atoms with Crippen LogP contribution in [0.5, 0.6) is 0 Å². The van der Waals surface area contributed by atoms with Crippen LogP contribution in [0.25, 0.3) is 34.2 Å². The molecule has 0 atom stereocenters. The molecule has 7 rings (SSSR count). The Kier molecular flexibility index (Phi) is 9.17. The molecule has 9 nitrogen and oxygen atoms in total. The van der Waals surface area contributed by atoms with E-state index in [1.165, 1.54) is 27.8 Å². The molecule has 0 amide bonds. The molecular formula is C37H34ClN9. The normalized spacial score (nSPS) is 10.8. The van der Waals surface area contributed by atoms with Crippen molar-refractivity contribution in [3.8, 4) is 34.2 Å². The smallest absolute Gasteiger partial charge is 0.229 e. The molecule has 0 aliphatic rings. The Labute approximate surface area is 279 Å². The van der Waals surface area contributed by atoms with Crippen LogP contribution in [0.15, 0.2) is 110 Å². The maximum absolute atomic E-state index is 5.77. The Morgan fingerprint density at radius 2 is 1.06 bits per heavy atom. The Morgan fingerprint density at radius 3 is 1.57 bits per heavy atom. The van der Waals surface area contributed by atoms with Gasteiger partial charge in [0.25, 0.3) is 0 Å². The van der Waals surface area contributed by atoms with Crippen molar-refractivity contribution in [2.75, 3.05) is 5.32 Å². The second-order valence-corrected chi connectivity index (χ2v) is 11.6. The predicted octanol–water partition coefficient (Wildman–Crippen LogP) is 8.60. The first-order valence-corrected chi connectivity index (χ1v) is 15.5. The first kappa shape index (κ1) is 31.3. The number of rotatable bonds is 6. The molecule has 3 aromatic carbocycles. The van der Waals surface area contributed by atoms with Gasteiger partial charge >= 0.3 is 0 Å². The minimum Gasteiger partial charge on any atom is -0.324 e. The Bertz CT molecular complexity index is 2110. The summed E-state index contributed by atoms with van der Waals surface area (Å²) in [5.74, 6) is 1.92. The van der Waals surface area contributed by atoms with Gasteiger partial charge in [-0.3, -0.25) is 0 Å². The van der Waals surface area contributed by atoms with Gasteiger partial charge in [-0.25, -0.2) is 19.3 Å². The second-order valence-electron chi connectivity index (χ2n) is 11.3. The number of nitrogens with zero attached hydrogens (tertiary/aromatic N) is 8. The third-order valence-corrected chi connectivity index (χ3v) is 7.96. The van der Waals surface area contributed by atoms with Crippen LogP contribution in [0.2, 0.25) is 5.28 Å². The molecule has 10 heteroatoms. The Balaban J connectivity index is 0.000000177. The molecule has 0 bridgehead atoms. The lowest BCUT2D eigenvalue weighted by molar-refractivity contribution is 0.843. The molecule has 0 aliphatic carbocycles. The number of benzene rings is 3. The van der Waals surface area contributed by atoms with Crippen LogP contribution in [-0.2, 0) is 0 Å². The quantitative estimate of drug-likeness (QED) is 0.182. The molecule has 234 valence electrons. The molecular weight excluding hydrogens is 606 g/mol. The zero-order chi connectivity index (χ0) is 32.9. The van der Waals surface area contributed by atoms with E-state index in [4.69, 9.17) is 11.6 Å². The van der Waals surface area contributed by atoms with Gasteiger partial charge in [-0.1, -0.05) is 59.7 Å². The van der Waals surface area contributed by atoms with Gasteiger partial charge in [0.15, 0.2) is 11.6 Å². The van der Waals surface area contributed by atoms with Crippen molar-refractivity contribution >= 4 is 23.2 Å². The first-order chi connectivity index (χ1) is 22.7. The second kappa shape index (κ2) is 13.8. The van der Waals surface area contributed by atoms with E-state index in [9.17, 15) is 0 Å². The first-order valence-electron chi connectivity index (χ1n) is 15.1. The highest BCUT2D eigenvalue weighted by Crippen LogP contribution is 2.23. The van der Waals surface area contributed by atoms with Crippen molar-refractivity contribution in [2.45, 2.75) is 34.6 Å². The number of nitrogens with one attached hydrogen (secondary N) is 1. The monoisotopic (exact) mass is 639 g/mol. The lowest BCUT2D eigenvalue weighted by atomic mass is 10.0. The molecule has 0 spiro atoms. The van der Waals surface area contributed by atoms with Gasteiger partial charge in [0.2, 0.25) is 11.2 Å². The van der Waals surface area contributed by atoms with Crippen LogP contribution in [0.4, 0.5) is 11.6 Å². The largest absolute Gasteiger partial charge is 0.324 e. The summed E-state index contributed by atoms with van der Waals surface area (Å²) in [4.78, 5) is 16.9. The fourth-order valence-corrected chi connectivity index (χ4v) is 5.03.